The van der Waals surface area contributed by atoms with Gasteiger partial charge in [-0.15, -0.1) is 0 Å². The third-order valence-electron chi connectivity index (χ3n) is 7.06. The van der Waals surface area contributed by atoms with Crippen LogP contribution in [0.15, 0.2) is 18.2 Å². The highest BCUT2D eigenvalue weighted by molar-refractivity contribution is 5.40. The second kappa shape index (κ2) is 4.97. The molecular weight excluding hydrogens is 276 g/mol. The lowest BCUT2D eigenvalue weighted by Gasteiger charge is -2.50. The van der Waals surface area contributed by atoms with Crippen molar-refractivity contribution in [1.29, 1.82) is 0 Å². The van der Waals surface area contributed by atoms with Crippen LogP contribution in [0.5, 0.6) is 5.75 Å². The maximum atomic E-state index is 10.7. The highest BCUT2D eigenvalue weighted by Gasteiger charge is 2.57. The number of benzene rings is 1. The fourth-order valence-electron chi connectivity index (χ4n) is 5.90. The summed E-state index contributed by atoms with van der Waals surface area (Å²) in [4.78, 5) is 0. The molecule has 0 aromatic heterocycles. The number of aliphatic hydroxyl groups is 2. The molecule has 0 heterocycles. The van der Waals surface area contributed by atoms with Gasteiger partial charge in [0.2, 0.25) is 0 Å². The van der Waals surface area contributed by atoms with Crippen LogP contribution in [-0.4, -0.2) is 28.0 Å². The first-order valence-corrected chi connectivity index (χ1v) is 8.65. The minimum atomic E-state index is -0.357. The minimum absolute atomic E-state index is 0.0248. The van der Waals surface area contributed by atoms with Gasteiger partial charge in [-0.2, -0.15) is 0 Å². The van der Waals surface area contributed by atoms with E-state index in [1.54, 1.807) is 0 Å². The molecule has 3 nitrogen and oxygen atoms in total. The number of rotatable bonds is 1. The summed E-state index contributed by atoms with van der Waals surface area (Å²) in [6.07, 6.45) is 4.93. The van der Waals surface area contributed by atoms with Gasteiger partial charge in [-0.1, -0.05) is 13.0 Å². The number of fused-ring (bicyclic) bond motifs is 5. The third kappa shape index (κ3) is 1.88. The summed E-state index contributed by atoms with van der Waals surface area (Å²) in [5, 5.41) is 30.0. The van der Waals surface area contributed by atoms with E-state index in [1.165, 1.54) is 11.1 Å². The van der Waals surface area contributed by atoms with Crippen LogP contribution in [-0.2, 0) is 6.42 Å². The van der Waals surface area contributed by atoms with E-state index in [1.807, 2.05) is 12.1 Å². The van der Waals surface area contributed by atoms with Gasteiger partial charge in [0, 0.05) is 12.5 Å². The van der Waals surface area contributed by atoms with E-state index in [2.05, 4.69) is 13.0 Å². The van der Waals surface area contributed by atoms with Crippen molar-refractivity contribution in [3.8, 4) is 5.75 Å². The van der Waals surface area contributed by atoms with E-state index in [0.29, 0.717) is 23.5 Å². The quantitative estimate of drug-likeness (QED) is 0.747. The maximum Gasteiger partial charge on any atom is 0.115 e. The Balaban J connectivity index is 1.69. The molecule has 120 valence electrons. The van der Waals surface area contributed by atoms with Gasteiger partial charge in [0.1, 0.15) is 5.75 Å². The van der Waals surface area contributed by atoms with Crippen LogP contribution >= 0.6 is 0 Å². The Labute approximate surface area is 132 Å². The molecule has 0 radical (unpaired) electrons. The largest absolute Gasteiger partial charge is 0.508 e. The van der Waals surface area contributed by atoms with Crippen LogP contribution in [0, 0.1) is 23.2 Å². The SMILES string of the molecule is C[C@]12CC[C@@H]3c4ccc(O)cc4CC[C@H]3[C@@H]1C[C@@H](CO)[C@H]2O. The lowest BCUT2D eigenvalue weighted by molar-refractivity contribution is -0.0379. The van der Waals surface area contributed by atoms with Gasteiger partial charge < -0.3 is 15.3 Å². The molecule has 2 saturated carbocycles. The fraction of sp³-hybridized carbons (Fsp3) is 0.684. The van der Waals surface area contributed by atoms with E-state index in [4.69, 9.17) is 0 Å². The third-order valence-corrected chi connectivity index (χ3v) is 7.06. The summed E-state index contributed by atoms with van der Waals surface area (Å²) >= 11 is 0. The molecule has 0 amide bonds. The van der Waals surface area contributed by atoms with E-state index in [0.717, 1.165) is 32.1 Å². The molecule has 3 N–H and O–H groups in total. The second-order valence-corrected chi connectivity index (χ2v) is 7.97. The zero-order valence-corrected chi connectivity index (χ0v) is 13.2. The Morgan fingerprint density at radius 3 is 2.86 bits per heavy atom. The summed E-state index contributed by atoms with van der Waals surface area (Å²) in [5.74, 6) is 2.11. The average Bonchev–Trinajstić information content (AvgIpc) is 2.78. The molecule has 3 aliphatic carbocycles. The lowest BCUT2D eigenvalue weighted by atomic mass is 9.55. The minimum Gasteiger partial charge on any atom is -0.508 e. The first-order chi connectivity index (χ1) is 10.5. The van der Waals surface area contributed by atoms with Crippen LogP contribution in [0.3, 0.4) is 0 Å². The monoisotopic (exact) mass is 302 g/mol. The van der Waals surface area contributed by atoms with Crippen LogP contribution in [0.25, 0.3) is 0 Å². The summed E-state index contributed by atoms with van der Waals surface area (Å²) < 4.78 is 0. The van der Waals surface area contributed by atoms with Crippen molar-refractivity contribution in [3.05, 3.63) is 29.3 Å². The first-order valence-electron chi connectivity index (χ1n) is 8.65. The Bertz CT molecular complexity index is 584. The predicted octanol–water partition coefficient (Wildman–Crippen LogP) is 2.83. The smallest absolute Gasteiger partial charge is 0.115 e. The zero-order chi connectivity index (χ0) is 15.5. The Kier molecular flexibility index (Phi) is 3.28. The molecule has 0 spiro atoms. The van der Waals surface area contributed by atoms with Crippen molar-refractivity contribution in [1.82, 2.24) is 0 Å². The van der Waals surface area contributed by atoms with Gasteiger partial charge in [-0.25, -0.2) is 0 Å². The van der Waals surface area contributed by atoms with Gasteiger partial charge in [-0.05, 0) is 78.5 Å². The molecule has 4 rings (SSSR count). The summed E-state index contributed by atoms with van der Waals surface area (Å²) in [7, 11) is 0. The fourth-order valence-corrected chi connectivity index (χ4v) is 5.90. The standard InChI is InChI=1S/C19H26O3/c1-19-7-6-15-14-5-3-13(21)8-11(14)2-4-16(15)17(19)9-12(10-20)18(19)22/h3,5,8,12,15-18,20-22H,2,4,6-7,9-10H2,1H3/t12-,15+,16+,17-,18+,19-/m0/s1. The Hall–Kier alpha value is -1.06. The Morgan fingerprint density at radius 1 is 1.27 bits per heavy atom. The maximum absolute atomic E-state index is 10.7. The van der Waals surface area contributed by atoms with E-state index in [9.17, 15) is 15.3 Å². The van der Waals surface area contributed by atoms with E-state index >= 15 is 0 Å². The second-order valence-electron chi connectivity index (χ2n) is 7.97. The number of phenolic OH excluding ortho intramolecular Hbond substituents is 1. The summed E-state index contributed by atoms with van der Waals surface area (Å²) in [6.45, 7) is 2.34. The van der Waals surface area contributed by atoms with Crippen molar-refractivity contribution in [2.75, 3.05) is 6.61 Å². The summed E-state index contributed by atoms with van der Waals surface area (Å²) in [5.41, 5.74) is 2.70. The molecule has 2 fully saturated rings. The summed E-state index contributed by atoms with van der Waals surface area (Å²) in [6, 6.07) is 5.85. The van der Waals surface area contributed by atoms with Gasteiger partial charge in [0.05, 0.1) is 6.10 Å². The van der Waals surface area contributed by atoms with Crippen LogP contribution in [0.1, 0.15) is 49.7 Å². The van der Waals surface area contributed by atoms with Crippen LogP contribution in [0.4, 0.5) is 0 Å². The highest BCUT2D eigenvalue weighted by atomic mass is 16.3. The molecule has 0 aliphatic heterocycles. The molecule has 3 aliphatic rings. The van der Waals surface area contributed by atoms with Crippen molar-refractivity contribution >= 4 is 0 Å². The normalized spacial score (nSPS) is 43.3. The Morgan fingerprint density at radius 2 is 2.09 bits per heavy atom. The van der Waals surface area contributed by atoms with Crippen LogP contribution in [0.2, 0.25) is 0 Å². The van der Waals surface area contributed by atoms with Gasteiger partial charge in [0.25, 0.3) is 0 Å². The molecular formula is C19H26O3. The molecule has 3 heteroatoms. The van der Waals surface area contributed by atoms with Crippen LogP contribution < -0.4 is 0 Å². The molecule has 0 unspecified atom stereocenters. The lowest BCUT2D eigenvalue weighted by Crippen LogP contribution is -2.44. The van der Waals surface area contributed by atoms with Crippen molar-refractivity contribution in [2.24, 2.45) is 23.2 Å². The van der Waals surface area contributed by atoms with Crippen molar-refractivity contribution in [2.45, 2.75) is 51.0 Å². The number of aliphatic hydroxyl groups excluding tert-OH is 2. The van der Waals surface area contributed by atoms with Crippen molar-refractivity contribution in [3.63, 3.8) is 0 Å². The van der Waals surface area contributed by atoms with Gasteiger partial charge in [-0.3, -0.25) is 0 Å². The van der Waals surface area contributed by atoms with Gasteiger partial charge in [0.15, 0.2) is 0 Å². The highest BCUT2D eigenvalue weighted by Crippen LogP contribution is 2.62. The zero-order valence-electron chi connectivity index (χ0n) is 13.2. The topological polar surface area (TPSA) is 60.7 Å². The van der Waals surface area contributed by atoms with Gasteiger partial charge >= 0.3 is 0 Å². The molecule has 6 atom stereocenters. The average molecular weight is 302 g/mol. The molecule has 1 aromatic carbocycles. The number of hydrogen-bond acceptors (Lipinski definition) is 3. The van der Waals surface area contributed by atoms with E-state index < -0.39 is 0 Å². The molecule has 22 heavy (non-hydrogen) atoms. The predicted molar refractivity (Wildman–Crippen MR) is 84.7 cm³/mol. The molecule has 0 saturated heterocycles. The van der Waals surface area contributed by atoms with E-state index in [-0.39, 0.29) is 24.0 Å². The molecule has 0 bridgehead atoms. The molecule has 1 aromatic rings. The first kappa shape index (κ1) is 14.5. The van der Waals surface area contributed by atoms with Crippen molar-refractivity contribution < 1.29 is 15.3 Å². The number of aryl methyl sites for hydroxylation is 1. The number of hydrogen-bond donors (Lipinski definition) is 3. The number of aromatic hydroxyl groups is 1. The number of phenols is 1.